The Hall–Kier alpha value is -3.40. The lowest BCUT2D eigenvalue weighted by molar-refractivity contribution is -0.116. The minimum absolute atomic E-state index is 0.0129. The van der Waals surface area contributed by atoms with E-state index in [-0.39, 0.29) is 17.6 Å². The lowest BCUT2D eigenvalue weighted by Gasteiger charge is -2.14. The number of amides is 1. The summed E-state index contributed by atoms with van der Waals surface area (Å²) in [4.78, 5) is 12.5. The van der Waals surface area contributed by atoms with Crippen molar-refractivity contribution in [3.63, 3.8) is 0 Å². The van der Waals surface area contributed by atoms with Crippen LogP contribution in [0.15, 0.2) is 79.0 Å². The Morgan fingerprint density at radius 2 is 1.82 bits per heavy atom. The number of hydrogen-bond acceptors (Lipinski definition) is 1. The van der Waals surface area contributed by atoms with Crippen LogP contribution >= 0.6 is 0 Å². The van der Waals surface area contributed by atoms with Crippen molar-refractivity contribution in [2.45, 2.75) is 18.9 Å². The molecule has 5 rings (SSSR count). The third-order valence-corrected chi connectivity index (χ3v) is 5.42. The van der Waals surface area contributed by atoms with E-state index in [2.05, 4.69) is 34.3 Å². The smallest absolute Gasteiger partial charge is 0.225 e. The fraction of sp³-hybridized carbons (Fsp3) is 0.125. The first-order chi connectivity index (χ1) is 13.7. The number of carbonyl (C=O) groups is 1. The Balaban J connectivity index is 1.69. The molecular formula is C24H19FN2O. The molecule has 1 aromatic heterocycles. The van der Waals surface area contributed by atoms with Gasteiger partial charge >= 0.3 is 0 Å². The fourth-order valence-corrected chi connectivity index (χ4v) is 4.20. The van der Waals surface area contributed by atoms with E-state index in [0.29, 0.717) is 13.0 Å². The molecule has 1 atom stereocenters. The van der Waals surface area contributed by atoms with Gasteiger partial charge in [-0.25, -0.2) is 4.39 Å². The van der Waals surface area contributed by atoms with E-state index < -0.39 is 0 Å². The van der Waals surface area contributed by atoms with E-state index in [0.717, 1.165) is 33.3 Å². The SMILES string of the molecule is O=C1C[C@H](c2ccccc2)c2cn(Cc3cccc(F)c3)c3cccc(c23)N1. The predicted molar refractivity (Wildman–Crippen MR) is 109 cm³/mol. The summed E-state index contributed by atoms with van der Waals surface area (Å²) in [7, 11) is 0. The number of hydrogen-bond donors (Lipinski definition) is 1. The number of anilines is 1. The van der Waals surface area contributed by atoms with Crippen LogP contribution in [0, 0.1) is 5.82 Å². The summed E-state index contributed by atoms with van der Waals surface area (Å²) in [5.41, 5.74) is 5.05. The highest BCUT2D eigenvalue weighted by Crippen LogP contribution is 2.40. The lowest BCUT2D eigenvalue weighted by atomic mass is 9.89. The van der Waals surface area contributed by atoms with Gasteiger partial charge in [-0.2, -0.15) is 0 Å². The zero-order valence-electron chi connectivity index (χ0n) is 15.2. The molecule has 3 nitrogen and oxygen atoms in total. The molecule has 0 radical (unpaired) electrons. The second-order valence-electron chi connectivity index (χ2n) is 7.26. The maximum Gasteiger partial charge on any atom is 0.225 e. The Morgan fingerprint density at radius 1 is 1.00 bits per heavy atom. The molecule has 0 saturated heterocycles. The molecule has 0 fully saturated rings. The minimum Gasteiger partial charge on any atom is -0.343 e. The zero-order chi connectivity index (χ0) is 19.1. The molecule has 0 bridgehead atoms. The molecule has 4 heteroatoms. The highest BCUT2D eigenvalue weighted by Gasteiger charge is 2.27. The van der Waals surface area contributed by atoms with Crippen LogP contribution in [0.4, 0.5) is 10.1 Å². The normalized spacial score (nSPS) is 16.0. The van der Waals surface area contributed by atoms with Crippen LogP contribution in [0.1, 0.15) is 29.0 Å². The van der Waals surface area contributed by atoms with Gasteiger partial charge in [0.1, 0.15) is 5.82 Å². The first-order valence-corrected chi connectivity index (χ1v) is 9.40. The van der Waals surface area contributed by atoms with E-state index in [1.54, 1.807) is 12.1 Å². The van der Waals surface area contributed by atoms with Crippen LogP contribution in [0.25, 0.3) is 10.9 Å². The topological polar surface area (TPSA) is 34.0 Å². The largest absolute Gasteiger partial charge is 0.343 e. The number of carbonyl (C=O) groups excluding carboxylic acids is 1. The van der Waals surface area contributed by atoms with Gasteiger partial charge in [-0.05, 0) is 41.0 Å². The van der Waals surface area contributed by atoms with Gasteiger partial charge in [0.05, 0.1) is 11.2 Å². The standard InChI is InChI=1S/C24H19FN2O/c25-18-9-4-6-16(12-18)14-27-15-20-19(17-7-2-1-3-8-17)13-23(28)26-21-10-5-11-22(27)24(20)21/h1-12,15,19H,13-14H2,(H,26,28)/t19-/m1/s1. The number of rotatable bonds is 3. The van der Waals surface area contributed by atoms with Crippen molar-refractivity contribution in [2.24, 2.45) is 0 Å². The van der Waals surface area contributed by atoms with Crippen molar-refractivity contribution >= 4 is 22.5 Å². The molecule has 3 aromatic carbocycles. The van der Waals surface area contributed by atoms with Gasteiger partial charge in [-0.1, -0.05) is 48.5 Å². The van der Waals surface area contributed by atoms with Crippen molar-refractivity contribution in [2.75, 3.05) is 5.32 Å². The average Bonchev–Trinajstić information content (AvgIpc) is 2.98. The summed E-state index contributed by atoms with van der Waals surface area (Å²) in [5.74, 6) is -0.222. The zero-order valence-corrected chi connectivity index (χ0v) is 15.2. The number of benzene rings is 3. The molecule has 28 heavy (non-hydrogen) atoms. The lowest BCUT2D eigenvalue weighted by Crippen LogP contribution is -2.13. The van der Waals surface area contributed by atoms with Gasteiger partial charge in [-0.15, -0.1) is 0 Å². The van der Waals surface area contributed by atoms with Crippen molar-refractivity contribution in [1.82, 2.24) is 4.57 Å². The molecule has 1 aliphatic rings. The van der Waals surface area contributed by atoms with Crippen molar-refractivity contribution in [3.05, 3.63) is 102 Å². The first kappa shape index (κ1) is 16.8. The van der Waals surface area contributed by atoms with Gasteiger partial charge < -0.3 is 9.88 Å². The number of nitrogens with zero attached hydrogens (tertiary/aromatic N) is 1. The van der Waals surface area contributed by atoms with Gasteiger partial charge in [0.25, 0.3) is 0 Å². The Kier molecular flexibility index (Phi) is 3.97. The summed E-state index contributed by atoms with van der Waals surface area (Å²) in [5, 5.41) is 4.13. The molecule has 0 unspecified atom stereocenters. The number of nitrogens with one attached hydrogen (secondary N) is 1. The number of aromatic nitrogens is 1. The maximum atomic E-state index is 13.7. The maximum absolute atomic E-state index is 13.7. The van der Waals surface area contributed by atoms with Crippen LogP contribution in [-0.2, 0) is 11.3 Å². The Labute approximate surface area is 162 Å². The van der Waals surface area contributed by atoms with Gasteiger partial charge in [-0.3, -0.25) is 4.79 Å². The number of halogens is 1. The average molecular weight is 370 g/mol. The summed E-state index contributed by atoms with van der Waals surface area (Å²) in [6.45, 7) is 0.577. The van der Waals surface area contributed by atoms with Crippen LogP contribution in [0.3, 0.4) is 0 Å². The molecular weight excluding hydrogens is 351 g/mol. The molecule has 0 spiro atoms. The Bertz CT molecular complexity index is 1180. The molecule has 1 N–H and O–H groups in total. The van der Waals surface area contributed by atoms with Gasteiger partial charge in [0.15, 0.2) is 0 Å². The summed E-state index contributed by atoms with van der Waals surface area (Å²) in [6, 6.07) is 22.8. The summed E-state index contributed by atoms with van der Waals surface area (Å²) in [6.07, 6.45) is 2.52. The molecule has 138 valence electrons. The second-order valence-corrected chi connectivity index (χ2v) is 7.26. The van der Waals surface area contributed by atoms with Crippen LogP contribution in [-0.4, -0.2) is 10.5 Å². The van der Waals surface area contributed by atoms with Crippen LogP contribution in [0.2, 0.25) is 0 Å². The van der Waals surface area contributed by atoms with Gasteiger partial charge in [0.2, 0.25) is 5.91 Å². The molecule has 0 saturated carbocycles. The fourth-order valence-electron chi connectivity index (χ4n) is 4.20. The second kappa shape index (κ2) is 6.64. The highest BCUT2D eigenvalue weighted by molar-refractivity contribution is 6.06. The highest BCUT2D eigenvalue weighted by atomic mass is 19.1. The molecule has 1 amide bonds. The summed E-state index contributed by atoms with van der Waals surface area (Å²) >= 11 is 0. The summed E-state index contributed by atoms with van der Waals surface area (Å²) < 4.78 is 15.8. The van der Waals surface area contributed by atoms with Crippen LogP contribution < -0.4 is 5.32 Å². The van der Waals surface area contributed by atoms with Crippen molar-refractivity contribution in [1.29, 1.82) is 0 Å². The van der Waals surface area contributed by atoms with Crippen molar-refractivity contribution < 1.29 is 9.18 Å². The minimum atomic E-state index is -0.231. The quantitative estimate of drug-likeness (QED) is 0.521. The van der Waals surface area contributed by atoms with E-state index in [9.17, 15) is 9.18 Å². The monoisotopic (exact) mass is 370 g/mol. The third kappa shape index (κ3) is 2.87. The van der Waals surface area contributed by atoms with E-state index in [1.165, 1.54) is 6.07 Å². The van der Waals surface area contributed by atoms with E-state index >= 15 is 0 Å². The molecule has 1 aliphatic heterocycles. The predicted octanol–water partition coefficient (Wildman–Crippen LogP) is 5.30. The first-order valence-electron chi connectivity index (χ1n) is 9.40. The van der Waals surface area contributed by atoms with Crippen LogP contribution in [0.5, 0.6) is 0 Å². The van der Waals surface area contributed by atoms with E-state index in [1.807, 2.05) is 36.4 Å². The molecule has 4 aromatic rings. The third-order valence-electron chi connectivity index (χ3n) is 5.42. The van der Waals surface area contributed by atoms with Gasteiger partial charge in [0, 0.05) is 30.5 Å². The van der Waals surface area contributed by atoms with Crippen molar-refractivity contribution in [3.8, 4) is 0 Å². The molecule has 0 aliphatic carbocycles. The molecule has 2 heterocycles. The Morgan fingerprint density at radius 3 is 2.64 bits per heavy atom. The van der Waals surface area contributed by atoms with E-state index in [4.69, 9.17) is 0 Å².